The molecule has 0 fully saturated rings. The average molecular weight is 501 g/mol. The summed E-state index contributed by atoms with van der Waals surface area (Å²) in [7, 11) is 6.32. The number of rotatable bonds is 4. The van der Waals surface area contributed by atoms with Crippen molar-refractivity contribution in [3.05, 3.63) is 121 Å². The van der Waals surface area contributed by atoms with Gasteiger partial charge in [-0.15, -0.1) is 11.3 Å². The summed E-state index contributed by atoms with van der Waals surface area (Å²) in [5.74, 6) is 1.95. The van der Waals surface area contributed by atoms with Crippen molar-refractivity contribution in [3.8, 4) is 45.3 Å². The molecule has 5 heteroatoms. The fourth-order valence-corrected chi connectivity index (χ4v) is 6.09. The molecule has 0 N–H and O–H groups in total. The molecule has 2 radical (unpaired) electrons. The molecule has 176 valence electrons. The third-order valence-corrected chi connectivity index (χ3v) is 7.99. The topological polar surface area (TPSA) is 38.7 Å². The van der Waals surface area contributed by atoms with Crippen LogP contribution in [0.2, 0.25) is 0 Å². The van der Waals surface area contributed by atoms with Crippen LogP contribution in [0.15, 0.2) is 121 Å². The van der Waals surface area contributed by atoms with Crippen LogP contribution in [0, 0.1) is 0 Å². The second kappa shape index (κ2) is 9.36. The van der Waals surface area contributed by atoms with Crippen LogP contribution in [0.4, 0.5) is 0 Å². The highest BCUT2D eigenvalue weighted by molar-refractivity contribution is 7.27. The van der Waals surface area contributed by atoms with E-state index in [1.807, 2.05) is 72.8 Å². The van der Waals surface area contributed by atoms with Gasteiger partial charge in [0.15, 0.2) is 17.5 Å². The van der Waals surface area contributed by atoms with Crippen molar-refractivity contribution < 1.29 is 0 Å². The summed E-state index contributed by atoms with van der Waals surface area (Å²) < 4.78 is 2.35. The highest BCUT2D eigenvalue weighted by atomic mass is 32.1. The Morgan fingerprint density at radius 1 is 0.447 bits per heavy atom. The maximum Gasteiger partial charge on any atom is 0.164 e. The first-order valence-electron chi connectivity index (χ1n) is 12.4. The third kappa shape index (κ3) is 3.98. The molecule has 0 saturated carbocycles. The van der Waals surface area contributed by atoms with E-state index in [1.165, 1.54) is 21.0 Å². The van der Waals surface area contributed by atoms with Crippen LogP contribution in [-0.2, 0) is 0 Å². The molecule has 0 spiro atoms. The van der Waals surface area contributed by atoms with Crippen LogP contribution in [-0.4, -0.2) is 22.8 Å². The first kappa shape index (κ1) is 22.6. The number of nitrogens with zero attached hydrogens (tertiary/aromatic N) is 3. The quantitative estimate of drug-likeness (QED) is 0.232. The SMILES string of the molecule is [B]c1cccc2c1sc1c(-c3cccc(-c4nc(-c5ccccc5)nc(-c5ccccc5)n4)c3)cccc12. The highest BCUT2D eigenvalue weighted by Gasteiger charge is 2.15. The summed E-state index contributed by atoms with van der Waals surface area (Å²) in [6, 6.07) is 41.1. The van der Waals surface area contributed by atoms with E-state index >= 15 is 0 Å². The molecule has 5 aromatic carbocycles. The zero-order valence-corrected chi connectivity index (χ0v) is 21.2. The number of hydrogen-bond acceptors (Lipinski definition) is 4. The highest BCUT2D eigenvalue weighted by Crippen LogP contribution is 2.39. The van der Waals surface area contributed by atoms with E-state index in [-0.39, 0.29) is 0 Å². The summed E-state index contributed by atoms with van der Waals surface area (Å²) >= 11 is 1.74. The number of aromatic nitrogens is 3. The molecule has 3 nitrogen and oxygen atoms in total. The minimum Gasteiger partial charge on any atom is -0.208 e. The van der Waals surface area contributed by atoms with Gasteiger partial charge in [0.1, 0.15) is 7.85 Å². The molecule has 0 bridgehead atoms. The second-order valence-corrected chi connectivity index (χ2v) is 10.1. The first-order chi connectivity index (χ1) is 18.7. The fraction of sp³-hybridized carbons (Fsp3) is 0. The lowest BCUT2D eigenvalue weighted by Crippen LogP contribution is -2.00. The van der Waals surface area contributed by atoms with E-state index in [4.69, 9.17) is 22.8 Å². The van der Waals surface area contributed by atoms with Gasteiger partial charge in [-0.05, 0) is 22.6 Å². The van der Waals surface area contributed by atoms with E-state index in [9.17, 15) is 0 Å². The molecule has 0 unspecified atom stereocenters. The molecule has 7 rings (SSSR count). The van der Waals surface area contributed by atoms with Gasteiger partial charge < -0.3 is 0 Å². The van der Waals surface area contributed by atoms with E-state index in [1.54, 1.807) is 11.3 Å². The molecule has 38 heavy (non-hydrogen) atoms. The van der Waals surface area contributed by atoms with Crippen molar-refractivity contribution in [1.82, 2.24) is 15.0 Å². The van der Waals surface area contributed by atoms with Gasteiger partial charge in [0.05, 0.1) is 0 Å². The Morgan fingerprint density at radius 3 is 1.61 bits per heavy atom. The van der Waals surface area contributed by atoms with Crippen LogP contribution in [0.5, 0.6) is 0 Å². The lowest BCUT2D eigenvalue weighted by molar-refractivity contribution is 1.07. The molecule has 0 aliphatic rings. The molecule has 0 amide bonds. The van der Waals surface area contributed by atoms with Gasteiger partial charge in [0.25, 0.3) is 0 Å². The Morgan fingerprint density at radius 2 is 0.947 bits per heavy atom. The summed E-state index contributed by atoms with van der Waals surface area (Å²) in [4.78, 5) is 14.6. The summed E-state index contributed by atoms with van der Waals surface area (Å²) in [6.45, 7) is 0. The number of hydrogen-bond donors (Lipinski definition) is 0. The fourth-order valence-electron chi connectivity index (χ4n) is 4.83. The summed E-state index contributed by atoms with van der Waals surface area (Å²) in [5, 5.41) is 2.42. The zero-order chi connectivity index (χ0) is 25.5. The predicted molar refractivity (Wildman–Crippen MR) is 160 cm³/mol. The van der Waals surface area contributed by atoms with Gasteiger partial charge in [-0.1, -0.05) is 121 Å². The van der Waals surface area contributed by atoms with Gasteiger partial charge in [0.2, 0.25) is 0 Å². The molecule has 0 aliphatic carbocycles. The lowest BCUT2D eigenvalue weighted by Gasteiger charge is -2.10. The van der Waals surface area contributed by atoms with Crippen molar-refractivity contribution in [3.63, 3.8) is 0 Å². The predicted octanol–water partition coefficient (Wildman–Crippen LogP) is 7.70. The van der Waals surface area contributed by atoms with Crippen LogP contribution in [0.25, 0.3) is 65.5 Å². The van der Waals surface area contributed by atoms with Crippen LogP contribution in [0.1, 0.15) is 0 Å². The maximum atomic E-state index is 6.32. The first-order valence-corrected chi connectivity index (χ1v) is 13.2. The van der Waals surface area contributed by atoms with Gasteiger partial charge >= 0.3 is 0 Å². The smallest absolute Gasteiger partial charge is 0.164 e. The largest absolute Gasteiger partial charge is 0.208 e. The van der Waals surface area contributed by atoms with E-state index < -0.39 is 0 Å². The Kier molecular flexibility index (Phi) is 5.56. The van der Waals surface area contributed by atoms with E-state index in [0.29, 0.717) is 17.5 Å². The Bertz CT molecular complexity index is 1870. The summed E-state index contributed by atoms with van der Waals surface area (Å²) in [6.07, 6.45) is 0. The molecule has 0 saturated heterocycles. The summed E-state index contributed by atoms with van der Waals surface area (Å²) in [5.41, 5.74) is 5.95. The van der Waals surface area contributed by atoms with Crippen molar-refractivity contribution in [2.75, 3.05) is 0 Å². The van der Waals surface area contributed by atoms with Crippen LogP contribution < -0.4 is 5.46 Å². The van der Waals surface area contributed by atoms with Crippen molar-refractivity contribution in [2.45, 2.75) is 0 Å². The zero-order valence-electron chi connectivity index (χ0n) is 20.4. The van der Waals surface area contributed by atoms with Gasteiger partial charge in [0, 0.05) is 31.5 Å². The van der Waals surface area contributed by atoms with Gasteiger partial charge in [-0.2, -0.15) is 0 Å². The average Bonchev–Trinajstić information content (AvgIpc) is 3.38. The number of thiophene rings is 1. The standard InChI is InChI=1S/C33H20BN3S/c34-28-19-9-18-27-26-17-8-16-25(29(26)38-30(27)28)23-14-7-15-24(20-23)33-36-31(21-10-3-1-4-11-21)35-32(37-33)22-12-5-2-6-13-22/h1-20H. The number of benzene rings is 5. The van der Waals surface area contributed by atoms with Crippen molar-refractivity contribution in [2.24, 2.45) is 0 Å². The molecule has 2 aromatic heterocycles. The van der Waals surface area contributed by atoms with E-state index in [0.717, 1.165) is 32.4 Å². The monoisotopic (exact) mass is 501 g/mol. The lowest BCUT2D eigenvalue weighted by atomic mass is 9.94. The van der Waals surface area contributed by atoms with Crippen LogP contribution >= 0.6 is 11.3 Å². The maximum absolute atomic E-state index is 6.32. The minimum absolute atomic E-state index is 0.646. The Balaban J connectivity index is 1.40. The van der Waals surface area contributed by atoms with Gasteiger partial charge in [-0.25, -0.2) is 15.0 Å². The molecule has 2 heterocycles. The molecule has 0 atom stereocenters. The minimum atomic E-state index is 0.646. The molecule has 0 aliphatic heterocycles. The Hall–Kier alpha value is -4.61. The molecular formula is C33H20BN3S. The second-order valence-electron chi connectivity index (χ2n) is 9.13. The van der Waals surface area contributed by atoms with Gasteiger partial charge in [-0.3, -0.25) is 0 Å². The third-order valence-electron chi connectivity index (χ3n) is 6.69. The normalized spacial score (nSPS) is 11.3. The molecule has 7 aromatic rings. The van der Waals surface area contributed by atoms with Crippen molar-refractivity contribution in [1.29, 1.82) is 0 Å². The van der Waals surface area contributed by atoms with Crippen molar-refractivity contribution >= 4 is 44.8 Å². The van der Waals surface area contributed by atoms with E-state index in [2.05, 4.69) is 48.5 Å². The molecular weight excluding hydrogens is 481 g/mol. The number of fused-ring (bicyclic) bond motifs is 3. The van der Waals surface area contributed by atoms with Crippen LogP contribution in [0.3, 0.4) is 0 Å². The Labute approximate surface area is 225 Å².